The van der Waals surface area contributed by atoms with Gasteiger partial charge in [-0.1, -0.05) is 41.5 Å². The highest BCUT2D eigenvalue weighted by atomic mass is 16.5. The molecule has 0 amide bonds. The van der Waals surface area contributed by atoms with Crippen molar-refractivity contribution in [2.24, 2.45) is 0 Å². The number of hydrogen-bond acceptors (Lipinski definition) is 2. The van der Waals surface area contributed by atoms with Gasteiger partial charge in [-0.2, -0.15) is 0 Å². The Labute approximate surface area is 121 Å². The molecule has 2 aromatic carbocycles. The fourth-order valence-electron chi connectivity index (χ4n) is 2.45. The molecule has 0 aliphatic carbocycles. The zero-order valence-electron chi connectivity index (χ0n) is 12.7. The molecule has 2 rings (SSSR count). The van der Waals surface area contributed by atoms with Crippen molar-refractivity contribution in [2.45, 2.75) is 33.4 Å². The molecule has 0 aliphatic heterocycles. The Bertz CT molecular complexity index is 540. The van der Waals surface area contributed by atoms with Crippen LogP contribution in [0.5, 0.6) is 5.75 Å². The second-order valence-corrected chi connectivity index (χ2v) is 5.37. The van der Waals surface area contributed by atoms with Gasteiger partial charge in [0.05, 0.1) is 7.11 Å². The van der Waals surface area contributed by atoms with Crippen LogP contribution in [-0.2, 0) is 6.54 Å². The number of aryl methyl sites for hydroxylation is 2. The number of ether oxygens (including phenoxy) is 1. The topological polar surface area (TPSA) is 21.3 Å². The minimum atomic E-state index is 0.321. The van der Waals surface area contributed by atoms with Crippen LogP contribution >= 0.6 is 0 Å². The highest BCUT2D eigenvalue weighted by molar-refractivity contribution is 5.30. The molecule has 2 nitrogen and oxygen atoms in total. The molecule has 1 N–H and O–H groups in total. The van der Waals surface area contributed by atoms with Crippen molar-refractivity contribution < 1.29 is 4.74 Å². The summed E-state index contributed by atoms with van der Waals surface area (Å²) in [4.78, 5) is 0. The van der Waals surface area contributed by atoms with Crippen LogP contribution < -0.4 is 10.1 Å². The van der Waals surface area contributed by atoms with Gasteiger partial charge >= 0.3 is 0 Å². The number of methoxy groups -OCH3 is 1. The van der Waals surface area contributed by atoms with Gasteiger partial charge < -0.3 is 10.1 Å². The normalized spacial score (nSPS) is 12.2. The van der Waals surface area contributed by atoms with E-state index in [9.17, 15) is 0 Å². The van der Waals surface area contributed by atoms with Gasteiger partial charge in [0.25, 0.3) is 0 Å². The molecule has 0 heterocycles. The van der Waals surface area contributed by atoms with Crippen molar-refractivity contribution >= 4 is 0 Å². The number of hydrogen-bond donors (Lipinski definition) is 1. The van der Waals surface area contributed by atoms with Crippen molar-refractivity contribution in [3.05, 3.63) is 64.7 Å². The maximum atomic E-state index is 5.18. The Kier molecular flexibility index (Phi) is 4.80. The van der Waals surface area contributed by atoms with Gasteiger partial charge in [0.1, 0.15) is 5.75 Å². The smallest absolute Gasteiger partial charge is 0.118 e. The second-order valence-electron chi connectivity index (χ2n) is 5.37. The Morgan fingerprint density at radius 2 is 1.60 bits per heavy atom. The molecule has 0 saturated carbocycles. The third-order valence-corrected chi connectivity index (χ3v) is 3.51. The average Bonchev–Trinajstić information content (AvgIpc) is 2.44. The van der Waals surface area contributed by atoms with Crippen LogP contribution in [0.3, 0.4) is 0 Å². The third kappa shape index (κ3) is 3.84. The Morgan fingerprint density at radius 3 is 2.15 bits per heavy atom. The summed E-state index contributed by atoms with van der Waals surface area (Å²) >= 11 is 0. The molecule has 2 heteroatoms. The van der Waals surface area contributed by atoms with E-state index in [1.807, 2.05) is 12.1 Å². The fraction of sp³-hybridized carbons (Fsp3) is 0.333. The number of rotatable bonds is 5. The maximum absolute atomic E-state index is 5.18. The third-order valence-electron chi connectivity index (χ3n) is 3.51. The van der Waals surface area contributed by atoms with Crippen LogP contribution in [0.1, 0.15) is 35.2 Å². The molecule has 106 valence electrons. The highest BCUT2D eigenvalue weighted by Gasteiger charge is 2.05. The molecule has 0 aliphatic rings. The number of nitrogens with one attached hydrogen (secondary N) is 1. The van der Waals surface area contributed by atoms with Crippen molar-refractivity contribution in [3.8, 4) is 5.75 Å². The molecule has 0 unspecified atom stereocenters. The summed E-state index contributed by atoms with van der Waals surface area (Å²) in [7, 11) is 1.69. The van der Waals surface area contributed by atoms with E-state index in [2.05, 4.69) is 56.4 Å². The lowest BCUT2D eigenvalue weighted by molar-refractivity contribution is 0.414. The molecule has 0 saturated heterocycles. The molecule has 1 atom stereocenters. The van der Waals surface area contributed by atoms with E-state index in [1.165, 1.54) is 22.3 Å². The van der Waals surface area contributed by atoms with Crippen molar-refractivity contribution in [1.29, 1.82) is 0 Å². The quantitative estimate of drug-likeness (QED) is 0.880. The Hall–Kier alpha value is -1.80. The molecule has 0 bridgehead atoms. The molecular weight excluding hydrogens is 246 g/mol. The molecule has 0 fully saturated rings. The zero-order chi connectivity index (χ0) is 14.5. The van der Waals surface area contributed by atoms with E-state index in [0.717, 1.165) is 12.3 Å². The highest BCUT2D eigenvalue weighted by Crippen LogP contribution is 2.18. The van der Waals surface area contributed by atoms with Gasteiger partial charge in [0, 0.05) is 12.6 Å². The predicted octanol–water partition coefficient (Wildman–Crippen LogP) is 4.16. The first-order chi connectivity index (χ1) is 9.58. The van der Waals surface area contributed by atoms with Gasteiger partial charge in [0.15, 0.2) is 0 Å². The molecule has 0 aromatic heterocycles. The van der Waals surface area contributed by atoms with Gasteiger partial charge in [0.2, 0.25) is 0 Å². The SMILES string of the molecule is COc1ccc([C@@H](C)NCc2cc(C)cc(C)c2)cc1. The Balaban J connectivity index is 1.98. The summed E-state index contributed by atoms with van der Waals surface area (Å²) in [6, 6.07) is 15.2. The van der Waals surface area contributed by atoms with Crippen LogP contribution in [0.2, 0.25) is 0 Å². The summed E-state index contributed by atoms with van der Waals surface area (Å²) in [5.41, 5.74) is 5.25. The average molecular weight is 269 g/mol. The first-order valence-corrected chi connectivity index (χ1v) is 7.03. The summed E-state index contributed by atoms with van der Waals surface area (Å²) in [5, 5.41) is 3.57. The summed E-state index contributed by atoms with van der Waals surface area (Å²) in [5.74, 6) is 0.898. The minimum absolute atomic E-state index is 0.321. The lowest BCUT2D eigenvalue weighted by Crippen LogP contribution is -2.18. The van der Waals surface area contributed by atoms with E-state index < -0.39 is 0 Å². The predicted molar refractivity (Wildman–Crippen MR) is 84.2 cm³/mol. The van der Waals surface area contributed by atoms with Gasteiger partial charge in [-0.25, -0.2) is 0 Å². The van der Waals surface area contributed by atoms with E-state index in [-0.39, 0.29) is 0 Å². The van der Waals surface area contributed by atoms with Gasteiger partial charge in [-0.3, -0.25) is 0 Å². The zero-order valence-corrected chi connectivity index (χ0v) is 12.7. The summed E-state index contributed by atoms with van der Waals surface area (Å²) < 4.78 is 5.18. The first-order valence-electron chi connectivity index (χ1n) is 7.03. The minimum Gasteiger partial charge on any atom is -0.497 e. The van der Waals surface area contributed by atoms with E-state index in [4.69, 9.17) is 4.74 Å². The van der Waals surface area contributed by atoms with Crippen LogP contribution in [0.4, 0.5) is 0 Å². The molecule has 0 spiro atoms. The summed E-state index contributed by atoms with van der Waals surface area (Å²) in [6.07, 6.45) is 0. The monoisotopic (exact) mass is 269 g/mol. The first kappa shape index (κ1) is 14.6. The van der Waals surface area contributed by atoms with Crippen LogP contribution in [-0.4, -0.2) is 7.11 Å². The lowest BCUT2D eigenvalue weighted by atomic mass is 10.1. The fourth-order valence-corrected chi connectivity index (χ4v) is 2.45. The summed E-state index contributed by atoms with van der Waals surface area (Å²) in [6.45, 7) is 7.35. The van der Waals surface area contributed by atoms with Gasteiger partial charge in [-0.15, -0.1) is 0 Å². The van der Waals surface area contributed by atoms with E-state index in [0.29, 0.717) is 6.04 Å². The molecule has 2 aromatic rings. The van der Waals surface area contributed by atoms with Gasteiger partial charge in [-0.05, 0) is 44.0 Å². The largest absolute Gasteiger partial charge is 0.497 e. The van der Waals surface area contributed by atoms with Crippen LogP contribution in [0, 0.1) is 13.8 Å². The van der Waals surface area contributed by atoms with Crippen LogP contribution in [0.15, 0.2) is 42.5 Å². The van der Waals surface area contributed by atoms with Crippen molar-refractivity contribution in [2.75, 3.05) is 7.11 Å². The van der Waals surface area contributed by atoms with Crippen LogP contribution in [0.25, 0.3) is 0 Å². The van der Waals surface area contributed by atoms with E-state index >= 15 is 0 Å². The second kappa shape index (κ2) is 6.58. The molecule has 20 heavy (non-hydrogen) atoms. The number of benzene rings is 2. The maximum Gasteiger partial charge on any atom is 0.118 e. The Morgan fingerprint density at radius 1 is 1.00 bits per heavy atom. The van der Waals surface area contributed by atoms with Crippen molar-refractivity contribution in [3.63, 3.8) is 0 Å². The molecular formula is C18H23NO. The molecule has 0 radical (unpaired) electrons. The van der Waals surface area contributed by atoms with E-state index in [1.54, 1.807) is 7.11 Å². The van der Waals surface area contributed by atoms with Crippen molar-refractivity contribution in [1.82, 2.24) is 5.32 Å². The lowest BCUT2D eigenvalue weighted by Gasteiger charge is -2.15. The standard InChI is InChI=1S/C18H23NO/c1-13-9-14(2)11-16(10-13)12-19-15(3)17-5-7-18(20-4)8-6-17/h5-11,15,19H,12H2,1-4H3/t15-/m1/s1.